The van der Waals surface area contributed by atoms with E-state index >= 15 is 0 Å². The maximum Gasteiger partial charge on any atom is 0.184 e. The summed E-state index contributed by atoms with van der Waals surface area (Å²) in [5, 5.41) is 4.74. The first-order valence-electron chi connectivity index (χ1n) is 7.88. The topological polar surface area (TPSA) is 135 Å². The molecule has 0 saturated carbocycles. The van der Waals surface area contributed by atoms with Gasteiger partial charge in [-0.25, -0.2) is 28.4 Å². The van der Waals surface area contributed by atoms with Gasteiger partial charge in [0.1, 0.15) is 23.0 Å². The summed E-state index contributed by atoms with van der Waals surface area (Å²) in [7, 11) is 0. The van der Waals surface area contributed by atoms with Gasteiger partial charge in [0.25, 0.3) is 0 Å². The molecular formula is C18H17F2N8Pd-. The molecule has 0 amide bonds. The molecule has 1 aromatic carbocycles. The largest absolute Gasteiger partial charge is 0.393 e. The van der Waals surface area contributed by atoms with Gasteiger partial charge in [0.2, 0.25) is 0 Å². The second-order valence-corrected chi connectivity index (χ2v) is 5.85. The van der Waals surface area contributed by atoms with Crippen LogP contribution >= 0.6 is 0 Å². The molecule has 0 fully saturated rings. The number of fused-ring (bicyclic) bond motifs is 1. The fourth-order valence-electron chi connectivity index (χ4n) is 2.71. The first-order chi connectivity index (χ1) is 12.9. The Morgan fingerprint density at radius 1 is 1.00 bits per heavy atom. The van der Waals surface area contributed by atoms with Crippen molar-refractivity contribution in [2.45, 2.75) is 6.54 Å². The van der Waals surface area contributed by atoms with E-state index in [2.05, 4.69) is 20.1 Å². The molecule has 29 heavy (non-hydrogen) atoms. The van der Waals surface area contributed by atoms with E-state index in [1.165, 1.54) is 16.8 Å². The third-order valence-corrected chi connectivity index (χ3v) is 4.05. The van der Waals surface area contributed by atoms with Gasteiger partial charge in [-0.3, -0.25) is 0 Å². The second kappa shape index (κ2) is 8.47. The van der Waals surface area contributed by atoms with Crippen LogP contribution in [0.25, 0.3) is 22.6 Å². The minimum absolute atomic E-state index is 0. The molecule has 0 bridgehead atoms. The predicted octanol–water partition coefficient (Wildman–Crippen LogP) is 2.41. The SMILES string of the molecule is Nc1nc(-c2nn(Cc3ccccc3F)c3ncc(F)cc23)nc(N)c1N.[CH3-].[Pd]. The summed E-state index contributed by atoms with van der Waals surface area (Å²) >= 11 is 0. The van der Waals surface area contributed by atoms with Crippen LogP contribution in [0.3, 0.4) is 0 Å². The Morgan fingerprint density at radius 2 is 1.66 bits per heavy atom. The number of anilines is 3. The molecule has 4 rings (SSSR count). The molecule has 6 N–H and O–H groups in total. The van der Waals surface area contributed by atoms with E-state index in [4.69, 9.17) is 17.2 Å². The molecule has 0 aliphatic heterocycles. The van der Waals surface area contributed by atoms with E-state index in [0.717, 1.165) is 6.20 Å². The molecule has 3 heterocycles. The molecule has 0 spiro atoms. The van der Waals surface area contributed by atoms with E-state index in [9.17, 15) is 8.78 Å². The molecule has 0 atom stereocenters. The Balaban J connectivity index is 0.00000150. The molecule has 0 aliphatic rings. The number of benzene rings is 1. The number of nitrogens with two attached hydrogens (primary N) is 3. The number of rotatable bonds is 3. The maximum atomic E-state index is 14.0. The van der Waals surface area contributed by atoms with Crippen molar-refractivity contribution in [1.82, 2.24) is 24.7 Å². The zero-order valence-corrected chi connectivity index (χ0v) is 16.8. The van der Waals surface area contributed by atoms with Crippen molar-refractivity contribution in [1.29, 1.82) is 0 Å². The van der Waals surface area contributed by atoms with E-state index in [1.54, 1.807) is 18.2 Å². The summed E-state index contributed by atoms with van der Waals surface area (Å²) in [6.07, 6.45) is 1.05. The van der Waals surface area contributed by atoms with Gasteiger partial charge in [0.15, 0.2) is 23.1 Å². The van der Waals surface area contributed by atoms with Crippen molar-refractivity contribution in [3.8, 4) is 11.5 Å². The number of pyridine rings is 1. The zero-order valence-electron chi connectivity index (χ0n) is 15.2. The van der Waals surface area contributed by atoms with E-state index in [-0.39, 0.29) is 69.1 Å². The Kier molecular flexibility index (Phi) is 6.46. The number of aromatic nitrogens is 5. The van der Waals surface area contributed by atoms with Crippen molar-refractivity contribution in [3.05, 3.63) is 61.2 Å². The second-order valence-electron chi connectivity index (χ2n) is 5.85. The van der Waals surface area contributed by atoms with E-state index in [1.807, 2.05) is 0 Å². The fraction of sp³-hybridized carbons (Fsp3) is 0.0556. The molecule has 0 unspecified atom stereocenters. The molecule has 0 saturated heterocycles. The first kappa shape index (κ1) is 22.1. The van der Waals surface area contributed by atoms with Gasteiger partial charge < -0.3 is 24.6 Å². The van der Waals surface area contributed by atoms with Crippen LogP contribution < -0.4 is 17.2 Å². The van der Waals surface area contributed by atoms with Gasteiger partial charge in [-0.15, -0.1) is 0 Å². The summed E-state index contributed by atoms with van der Waals surface area (Å²) < 4.78 is 29.3. The molecule has 0 aliphatic carbocycles. The number of nitrogen functional groups attached to an aromatic ring is 3. The predicted molar refractivity (Wildman–Crippen MR) is 104 cm³/mol. The molecule has 0 radical (unpaired) electrons. The number of halogens is 2. The average Bonchev–Trinajstić information content (AvgIpc) is 2.99. The Morgan fingerprint density at radius 3 is 2.31 bits per heavy atom. The maximum absolute atomic E-state index is 14.0. The molecule has 154 valence electrons. The van der Waals surface area contributed by atoms with Crippen LogP contribution in [0, 0.1) is 19.1 Å². The van der Waals surface area contributed by atoms with Crippen molar-refractivity contribution >= 4 is 28.4 Å². The standard InChI is InChI=1S/C17H14F2N8.CH3.Pd/c18-9-5-10-13(16-24-14(21)12(20)15(22)25-16)26-27(17(10)23-6-9)7-8-3-1-2-4-11(8)19;;/h1-6H,7,20H2,(H4,21,22,24,25);1H3;/q;-1;. The molecule has 3 aromatic heterocycles. The van der Waals surface area contributed by atoms with Gasteiger partial charge in [-0.05, 0) is 12.1 Å². The van der Waals surface area contributed by atoms with Crippen LogP contribution in [0.4, 0.5) is 26.1 Å². The van der Waals surface area contributed by atoms with Gasteiger partial charge in [-0.1, -0.05) is 18.2 Å². The van der Waals surface area contributed by atoms with Crippen molar-refractivity contribution in [2.75, 3.05) is 17.2 Å². The number of hydrogen-bond donors (Lipinski definition) is 3. The number of nitrogens with zero attached hydrogens (tertiary/aromatic N) is 5. The summed E-state index contributed by atoms with van der Waals surface area (Å²) in [4.78, 5) is 12.2. The van der Waals surface area contributed by atoms with Crippen molar-refractivity contribution in [2.24, 2.45) is 0 Å². The van der Waals surface area contributed by atoms with Crippen LogP contribution in [0.2, 0.25) is 0 Å². The first-order valence-corrected chi connectivity index (χ1v) is 7.88. The van der Waals surface area contributed by atoms with Crippen LogP contribution in [-0.4, -0.2) is 24.7 Å². The Bertz CT molecular complexity index is 1150. The normalized spacial score (nSPS) is 10.4. The summed E-state index contributed by atoms with van der Waals surface area (Å²) in [6.45, 7) is 0.0851. The summed E-state index contributed by atoms with van der Waals surface area (Å²) in [5.41, 5.74) is 18.2. The Hall–Kier alpha value is -3.16. The summed E-state index contributed by atoms with van der Waals surface area (Å²) in [5.74, 6) is -0.908. The van der Waals surface area contributed by atoms with Crippen LogP contribution in [0.5, 0.6) is 0 Å². The molecular weight excluding hydrogens is 473 g/mol. The number of hydrogen-bond acceptors (Lipinski definition) is 7. The zero-order chi connectivity index (χ0) is 19.1. The van der Waals surface area contributed by atoms with Gasteiger partial charge >= 0.3 is 0 Å². The average molecular weight is 490 g/mol. The molecule has 4 aromatic rings. The van der Waals surface area contributed by atoms with Gasteiger partial charge in [0, 0.05) is 26.0 Å². The smallest absolute Gasteiger partial charge is 0.184 e. The van der Waals surface area contributed by atoms with E-state index < -0.39 is 5.82 Å². The quantitative estimate of drug-likeness (QED) is 0.297. The third-order valence-electron chi connectivity index (χ3n) is 4.05. The van der Waals surface area contributed by atoms with Gasteiger partial charge in [-0.2, -0.15) is 5.10 Å². The Labute approximate surface area is 178 Å². The van der Waals surface area contributed by atoms with Gasteiger partial charge in [0.05, 0.1) is 18.1 Å². The fourth-order valence-corrected chi connectivity index (χ4v) is 2.71. The minimum atomic E-state index is -0.564. The molecule has 11 heteroatoms. The monoisotopic (exact) mass is 489 g/mol. The minimum Gasteiger partial charge on any atom is -0.393 e. The van der Waals surface area contributed by atoms with Crippen molar-refractivity contribution < 1.29 is 29.2 Å². The van der Waals surface area contributed by atoms with Crippen LogP contribution in [-0.2, 0) is 27.0 Å². The van der Waals surface area contributed by atoms with Crippen molar-refractivity contribution in [3.63, 3.8) is 0 Å². The van der Waals surface area contributed by atoms with Crippen LogP contribution in [0.1, 0.15) is 5.56 Å². The molecule has 8 nitrogen and oxygen atoms in total. The third kappa shape index (κ3) is 4.01. The van der Waals surface area contributed by atoms with E-state index in [0.29, 0.717) is 16.6 Å². The summed E-state index contributed by atoms with van der Waals surface area (Å²) in [6, 6.07) is 7.52. The van der Waals surface area contributed by atoms with Crippen LogP contribution in [0.15, 0.2) is 36.5 Å².